The van der Waals surface area contributed by atoms with E-state index in [9.17, 15) is 9.59 Å². The number of ketones is 1. The molecule has 1 spiro atoms. The number of hydrogen-bond donors (Lipinski definition) is 1. The van der Waals surface area contributed by atoms with E-state index in [4.69, 9.17) is 4.74 Å². The predicted octanol–water partition coefficient (Wildman–Crippen LogP) is 4.82. The van der Waals surface area contributed by atoms with Crippen molar-refractivity contribution in [2.45, 2.75) is 37.8 Å². The summed E-state index contributed by atoms with van der Waals surface area (Å²) < 4.78 is 5.27. The number of methoxy groups -OCH3 is 1. The van der Waals surface area contributed by atoms with Crippen LogP contribution in [0.3, 0.4) is 0 Å². The first-order valence-electron chi connectivity index (χ1n) is 14.3. The van der Waals surface area contributed by atoms with E-state index in [0.717, 1.165) is 63.3 Å². The molecule has 0 saturated carbocycles. The molecule has 0 aliphatic carbocycles. The van der Waals surface area contributed by atoms with Gasteiger partial charge in [0, 0.05) is 50.4 Å². The second kappa shape index (κ2) is 15.3. The van der Waals surface area contributed by atoms with Crippen LogP contribution in [0.1, 0.15) is 46.7 Å². The molecule has 0 radical (unpaired) electrons. The summed E-state index contributed by atoms with van der Waals surface area (Å²) in [5.74, 6) is 1.51. The summed E-state index contributed by atoms with van der Waals surface area (Å²) in [5, 5.41) is 3.56. The Labute approximate surface area is 272 Å². The fourth-order valence-electron chi connectivity index (χ4n) is 7.01. The van der Waals surface area contributed by atoms with E-state index in [1.165, 1.54) is 11.9 Å². The smallest absolute Gasteiger partial charge is 0.229 e. The number of carbonyl (C=O) groups excluding carboxylic acids is 2. The molecule has 43 heavy (non-hydrogen) atoms. The van der Waals surface area contributed by atoms with Crippen molar-refractivity contribution in [3.8, 4) is 5.75 Å². The lowest BCUT2D eigenvalue weighted by Crippen LogP contribution is -2.54. The van der Waals surface area contributed by atoms with Gasteiger partial charge in [-0.3, -0.25) is 14.5 Å². The predicted molar refractivity (Wildman–Crippen MR) is 174 cm³/mol. The number of rotatable bonds is 8. The van der Waals surface area contributed by atoms with Gasteiger partial charge in [-0.15, -0.1) is 37.2 Å². The number of nitrogens with zero attached hydrogens (tertiary/aromatic N) is 4. The van der Waals surface area contributed by atoms with Gasteiger partial charge in [0.15, 0.2) is 5.78 Å². The summed E-state index contributed by atoms with van der Waals surface area (Å²) in [5.41, 5.74) is 2.58. The number of aromatic nitrogens is 2. The Balaban J connectivity index is 0.00000169. The Hall–Kier alpha value is -2.75. The second-order valence-corrected chi connectivity index (χ2v) is 11.4. The zero-order valence-corrected chi connectivity index (χ0v) is 26.7. The van der Waals surface area contributed by atoms with Gasteiger partial charge in [0.25, 0.3) is 0 Å². The Morgan fingerprint density at radius 1 is 0.953 bits per heavy atom. The average Bonchev–Trinajstić information content (AvgIpc) is 3.61. The fourth-order valence-corrected chi connectivity index (χ4v) is 7.01. The number of ether oxygens (including phenoxy) is 1. The molecule has 0 bridgehead atoms. The summed E-state index contributed by atoms with van der Waals surface area (Å²) in [6.07, 6.45) is 7.14. The van der Waals surface area contributed by atoms with Gasteiger partial charge in [0.1, 0.15) is 12.1 Å². The molecule has 3 aromatic rings. The van der Waals surface area contributed by atoms with E-state index < -0.39 is 0 Å². The lowest BCUT2D eigenvalue weighted by Gasteiger charge is -2.43. The molecule has 2 aromatic carbocycles. The number of Topliss-reactive ketones (excluding diaryl/α,β-unsaturated/α-hetero) is 1. The first-order chi connectivity index (χ1) is 19.6. The van der Waals surface area contributed by atoms with Crippen LogP contribution in [0.4, 0.5) is 0 Å². The lowest BCUT2D eigenvalue weighted by atomic mass is 9.74. The molecule has 3 atom stereocenters. The number of nitrogens with one attached hydrogen (secondary N) is 1. The van der Waals surface area contributed by atoms with Crippen LogP contribution >= 0.6 is 37.2 Å². The number of piperidine rings is 1. The summed E-state index contributed by atoms with van der Waals surface area (Å²) >= 11 is 0. The van der Waals surface area contributed by atoms with Crippen LogP contribution in [-0.4, -0.2) is 77.3 Å². The van der Waals surface area contributed by atoms with Gasteiger partial charge in [-0.25, -0.2) is 9.97 Å². The quantitative estimate of drug-likeness (QED) is 0.351. The van der Waals surface area contributed by atoms with E-state index >= 15 is 0 Å². The summed E-state index contributed by atoms with van der Waals surface area (Å²) in [4.78, 5) is 40.4. The maximum absolute atomic E-state index is 14.1. The van der Waals surface area contributed by atoms with E-state index in [1.807, 2.05) is 35.2 Å². The van der Waals surface area contributed by atoms with E-state index in [2.05, 4.69) is 44.5 Å². The highest BCUT2D eigenvalue weighted by atomic mass is 35.5. The highest BCUT2D eigenvalue weighted by Crippen LogP contribution is 2.44. The van der Waals surface area contributed by atoms with Crippen molar-refractivity contribution in [2.75, 3.05) is 39.8 Å². The van der Waals surface area contributed by atoms with Crippen LogP contribution in [0.2, 0.25) is 0 Å². The van der Waals surface area contributed by atoms with Gasteiger partial charge in [0.2, 0.25) is 5.91 Å². The number of amides is 1. The number of carbonyl (C=O) groups is 2. The van der Waals surface area contributed by atoms with Gasteiger partial charge < -0.3 is 15.0 Å². The molecule has 3 aliphatic heterocycles. The van der Waals surface area contributed by atoms with Gasteiger partial charge in [-0.2, -0.15) is 0 Å². The minimum Gasteiger partial charge on any atom is -0.497 e. The van der Waals surface area contributed by atoms with Crippen molar-refractivity contribution in [1.29, 1.82) is 0 Å². The molecule has 232 valence electrons. The molecule has 8 nitrogen and oxygen atoms in total. The summed E-state index contributed by atoms with van der Waals surface area (Å²) in [6, 6.07) is 18.2. The van der Waals surface area contributed by atoms with Crippen molar-refractivity contribution < 1.29 is 14.3 Å². The van der Waals surface area contributed by atoms with Crippen molar-refractivity contribution in [2.24, 2.45) is 11.3 Å². The first-order valence-corrected chi connectivity index (χ1v) is 14.3. The third-order valence-corrected chi connectivity index (χ3v) is 9.29. The zero-order chi connectivity index (χ0) is 27.5. The monoisotopic (exact) mass is 647 g/mol. The van der Waals surface area contributed by atoms with Gasteiger partial charge in [-0.1, -0.05) is 42.5 Å². The fraction of sp³-hybridized carbons (Fsp3) is 0.438. The largest absolute Gasteiger partial charge is 0.497 e. The molecular formula is C32H40Cl3N5O3. The first kappa shape index (κ1) is 34.7. The normalized spacial score (nSPS) is 21.8. The molecule has 3 aliphatic rings. The highest BCUT2D eigenvalue weighted by molar-refractivity contribution is 6.00. The Kier molecular flexibility index (Phi) is 12.4. The van der Waals surface area contributed by atoms with Crippen molar-refractivity contribution >= 4 is 48.9 Å². The molecule has 6 rings (SSSR count). The summed E-state index contributed by atoms with van der Waals surface area (Å²) in [6.45, 7) is 4.47. The van der Waals surface area contributed by atoms with E-state index in [1.54, 1.807) is 19.5 Å². The van der Waals surface area contributed by atoms with Gasteiger partial charge in [0.05, 0.1) is 24.1 Å². The molecule has 1 N–H and O–H groups in total. The van der Waals surface area contributed by atoms with Crippen molar-refractivity contribution in [3.05, 3.63) is 90.0 Å². The Morgan fingerprint density at radius 2 is 1.60 bits per heavy atom. The van der Waals surface area contributed by atoms with E-state index in [0.29, 0.717) is 12.1 Å². The standard InChI is InChI=1S/C32H37N5O3.3ClH/c1-40-26-9-7-23(8-10-26)21-37-16-13-32(31(37)39)11-14-36(15-12-32)29(30(38)25-17-34-22-35-18-25)28-20-33-19-27(28)24-5-3-2-4-6-24;;;/h2-10,17-18,22,27-29,33H,11-16,19-21H2,1H3;3*1H/t27-,28-,29?;;;/m1.../s1. The number of halogens is 3. The van der Waals surface area contributed by atoms with Crippen LogP contribution in [0.15, 0.2) is 73.3 Å². The maximum atomic E-state index is 14.1. The van der Waals surface area contributed by atoms with Crippen LogP contribution < -0.4 is 10.1 Å². The number of likely N-dealkylation sites (tertiary alicyclic amines) is 2. The average molecular weight is 649 g/mol. The zero-order valence-electron chi connectivity index (χ0n) is 24.3. The molecule has 4 heterocycles. The minimum absolute atomic E-state index is 0. The highest BCUT2D eigenvalue weighted by Gasteiger charge is 2.50. The SMILES string of the molecule is COc1ccc(CN2CCC3(CCN(C(C(=O)c4cncnc4)[C@@H]4CNC[C@@H]4c4ccccc4)CC3)C2=O)cc1.Cl.Cl.Cl. The third kappa shape index (κ3) is 7.15. The van der Waals surface area contributed by atoms with Crippen LogP contribution in [-0.2, 0) is 11.3 Å². The Bertz CT molecular complexity index is 1330. The summed E-state index contributed by atoms with van der Waals surface area (Å²) in [7, 11) is 1.66. The third-order valence-electron chi connectivity index (χ3n) is 9.29. The van der Waals surface area contributed by atoms with Crippen molar-refractivity contribution in [3.63, 3.8) is 0 Å². The van der Waals surface area contributed by atoms with Gasteiger partial charge >= 0.3 is 0 Å². The molecule has 11 heteroatoms. The van der Waals surface area contributed by atoms with Crippen LogP contribution in [0, 0.1) is 11.3 Å². The molecule has 1 amide bonds. The minimum atomic E-state index is -0.334. The maximum Gasteiger partial charge on any atom is 0.229 e. The molecule has 1 aromatic heterocycles. The molecular weight excluding hydrogens is 609 g/mol. The molecule has 3 saturated heterocycles. The number of hydrogen-bond acceptors (Lipinski definition) is 7. The van der Waals surface area contributed by atoms with E-state index in [-0.39, 0.29) is 72.2 Å². The molecule has 3 fully saturated rings. The van der Waals surface area contributed by atoms with Gasteiger partial charge in [-0.05, 0) is 55.6 Å². The topological polar surface area (TPSA) is 87.7 Å². The van der Waals surface area contributed by atoms with Crippen LogP contribution in [0.25, 0.3) is 0 Å². The lowest BCUT2D eigenvalue weighted by molar-refractivity contribution is -0.139. The van der Waals surface area contributed by atoms with Crippen molar-refractivity contribution in [1.82, 2.24) is 25.1 Å². The molecule has 1 unspecified atom stereocenters. The van der Waals surface area contributed by atoms with Crippen LogP contribution in [0.5, 0.6) is 5.75 Å². The number of benzene rings is 2. The Morgan fingerprint density at radius 3 is 2.26 bits per heavy atom. The second-order valence-electron chi connectivity index (χ2n) is 11.4.